The van der Waals surface area contributed by atoms with Gasteiger partial charge in [-0.25, -0.2) is 4.68 Å². The molecular weight excluding hydrogens is 298 g/mol. The summed E-state index contributed by atoms with van der Waals surface area (Å²) in [7, 11) is 1.25. The van der Waals surface area contributed by atoms with Crippen LogP contribution in [0.2, 0.25) is 0 Å². The number of hydrogen-bond donors (Lipinski definition) is 1. The van der Waals surface area contributed by atoms with E-state index in [1.54, 1.807) is 12.3 Å². The number of carbonyl (C=O) groups excluding carboxylic acids is 2. The molecule has 0 radical (unpaired) electrons. The van der Waals surface area contributed by atoms with Crippen LogP contribution in [0.25, 0.3) is 10.9 Å². The van der Waals surface area contributed by atoms with Gasteiger partial charge in [0, 0.05) is 17.7 Å². The number of benzene rings is 1. The lowest BCUT2D eigenvalue weighted by Crippen LogP contribution is -2.19. The summed E-state index contributed by atoms with van der Waals surface area (Å²) < 4.78 is 12.1. The van der Waals surface area contributed by atoms with Gasteiger partial charge in [-0.1, -0.05) is 0 Å². The smallest absolute Gasteiger partial charge is 0.315 e. The van der Waals surface area contributed by atoms with E-state index < -0.39 is 11.9 Å². The molecule has 7 nitrogen and oxygen atoms in total. The molecule has 1 aromatic heterocycles. The second-order valence-corrected chi connectivity index (χ2v) is 5.49. The van der Waals surface area contributed by atoms with Gasteiger partial charge >= 0.3 is 5.97 Å². The molecule has 1 N–H and O–H groups in total. The molecule has 0 aliphatic carbocycles. The number of fused-ring (bicyclic) bond motifs is 1. The molecule has 1 amide bonds. The van der Waals surface area contributed by atoms with E-state index >= 15 is 0 Å². The largest absolute Gasteiger partial charge is 0.469 e. The van der Waals surface area contributed by atoms with Crippen molar-refractivity contribution in [2.75, 3.05) is 19.0 Å². The lowest BCUT2D eigenvalue weighted by Gasteiger charge is -2.23. The first-order chi connectivity index (χ1) is 11.2. The second kappa shape index (κ2) is 6.78. The fraction of sp³-hybridized carbons (Fsp3) is 0.438. The van der Waals surface area contributed by atoms with Crippen LogP contribution in [0.4, 0.5) is 5.69 Å². The van der Waals surface area contributed by atoms with Crippen molar-refractivity contribution < 1.29 is 19.1 Å². The van der Waals surface area contributed by atoms with Gasteiger partial charge in [0.1, 0.15) is 6.42 Å². The van der Waals surface area contributed by atoms with Crippen LogP contribution in [0.15, 0.2) is 24.4 Å². The fourth-order valence-electron chi connectivity index (χ4n) is 2.67. The number of carbonyl (C=O) groups is 2. The molecule has 7 heteroatoms. The Morgan fingerprint density at radius 3 is 3.04 bits per heavy atom. The molecule has 122 valence electrons. The molecular formula is C16H19N3O4. The van der Waals surface area contributed by atoms with Gasteiger partial charge in [0.25, 0.3) is 0 Å². The summed E-state index contributed by atoms with van der Waals surface area (Å²) in [6.45, 7) is 0.738. The molecule has 3 rings (SSSR count). The summed E-state index contributed by atoms with van der Waals surface area (Å²) in [5.41, 5.74) is 1.51. The first-order valence-corrected chi connectivity index (χ1v) is 7.63. The molecule has 0 saturated carbocycles. The third-order valence-corrected chi connectivity index (χ3v) is 3.84. The fourth-order valence-corrected chi connectivity index (χ4v) is 2.67. The minimum Gasteiger partial charge on any atom is -0.469 e. The molecule has 1 aliphatic heterocycles. The van der Waals surface area contributed by atoms with Gasteiger partial charge in [-0.2, -0.15) is 5.10 Å². The molecule has 1 aliphatic rings. The highest BCUT2D eigenvalue weighted by molar-refractivity contribution is 6.02. The van der Waals surface area contributed by atoms with Gasteiger partial charge in [0.2, 0.25) is 5.91 Å². The molecule has 0 spiro atoms. The van der Waals surface area contributed by atoms with E-state index in [9.17, 15) is 9.59 Å². The van der Waals surface area contributed by atoms with Crippen LogP contribution in [-0.4, -0.2) is 35.4 Å². The minimum atomic E-state index is -0.566. The molecule has 1 aromatic carbocycles. The van der Waals surface area contributed by atoms with Crippen molar-refractivity contribution in [2.45, 2.75) is 31.9 Å². The number of aromatic nitrogens is 2. The second-order valence-electron chi connectivity index (χ2n) is 5.49. The van der Waals surface area contributed by atoms with Crippen LogP contribution in [-0.2, 0) is 19.1 Å². The lowest BCUT2D eigenvalue weighted by molar-refractivity contribution is -0.142. The predicted octanol–water partition coefficient (Wildman–Crippen LogP) is 2.24. The molecule has 1 saturated heterocycles. The van der Waals surface area contributed by atoms with E-state index in [0.29, 0.717) is 5.69 Å². The zero-order valence-corrected chi connectivity index (χ0v) is 12.9. The maximum absolute atomic E-state index is 11.8. The molecule has 1 fully saturated rings. The van der Waals surface area contributed by atoms with Crippen LogP contribution in [0.5, 0.6) is 0 Å². The Bertz CT molecular complexity index is 719. The first kappa shape index (κ1) is 15.5. The first-order valence-electron chi connectivity index (χ1n) is 7.63. The number of amides is 1. The van der Waals surface area contributed by atoms with Crippen LogP contribution in [0.1, 0.15) is 31.9 Å². The Kier molecular flexibility index (Phi) is 4.57. The summed E-state index contributed by atoms with van der Waals surface area (Å²) in [5, 5.41) is 8.08. The van der Waals surface area contributed by atoms with Crippen molar-refractivity contribution in [3.05, 3.63) is 24.4 Å². The van der Waals surface area contributed by atoms with Crippen molar-refractivity contribution in [3.63, 3.8) is 0 Å². The van der Waals surface area contributed by atoms with Crippen molar-refractivity contribution in [1.82, 2.24) is 9.78 Å². The van der Waals surface area contributed by atoms with Gasteiger partial charge in [-0.15, -0.1) is 0 Å². The molecule has 2 aromatic rings. The molecule has 0 bridgehead atoms. The number of methoxy groups -OCH3 is 1. The molecule has 2 heterocycles. The van der Waals surface area contributed by atoms with Crippen molar-refractivity contribution in [1.29, 1.82) is 0 Å². The van der Waals surface area contributed by atoms with Gasteiger partial charge in [0.05, 0.1) is 18.8 Å². The maximum Gasteiger partial charge on any atom is 0.315 e. The zero-order chi connectivity index (χ0) is 16.2. The van der Waals surface area contributed by atoms with E-state index in [-0.39, 0.29) is 12.6 Å². The molecule has 1 unspecified atom stereocenters. The van der Waals surface area contributed by atoms with Gasteiger partial charge in [-0.05, 0) is 37.5 Å². The quantitative estimate of drug-likeness (QED) is 0.691. The summed E-state index contributed by atoms with van der Waals surface area (Å²) in [4.78, 5) is 22.9. The van der Waals surface area contributed by atoms with E-state index in [0.717, 1.165) is 36.8 Å². The Labute approximate surface area is 133 Å². The van der Waals surface area contributed by atoms with Crippen molar-refractivity contribution >= 4 is 28.5 Å². The number of nitrogens with one attached hydrogen (secondary N) is 1. The monoisotopic (exact) mass is 317 g/mol. The van der Waals surface area contributed by atoms with Crippen LogP contribution in [0.3, 0.4) is 0 Å². The molecule has 1 atom stereocenters. The topological polar surface area (TPSA) is 82.5 Å². The van der Waals surface area contributed by atoms with Crippen molar-refractivity contribution in [3.8, 4) is 0 Å². The third-order valence-electron chi connectivity index (χ3n) is 3.84. The van der Waals surface area contributed by atoms with Crippen molar-refractivity contribution in [2.24, 2.45) is 0 Å². The van der Waals surface area contributed by atoms with E-state index in [2.05, 4.69) is 15.2 Å². The molecule has 23 heavy (non-hydrogen) atoms. The van der Waals surface area contributed by atoms with E-state index in [1.807, 2.05) is 16.8 Å². The normalized spacial score (nSPS) is 17.9. The Hall–Kier alpha value is -2.41. The van der Waals surface area contributed by atoms with Crippen LogP contribution in [0, 0.1) is 0 Å². The average Bonchev–Trinajstić information content (AvgIpc) is 2.98. The van der Waals surface area contributed by atoms with Crippen LogP contribution >= 0.6 is 0 Å². The summed E-state index contributed by atoms with van der Waals surface area (Å²) in [6.07, 6.45) is 4.52. The number of rotatable bonds is 4. The zero-order valence-electron chi connectivity index (χ0n) is 12.9. The van der Waals surface area contributed by atoms with Gasteiger partial charge in [-0.3, -0.25) is 9.59 Å². The Morgan fingerprint density at radius 1 is 1.43 bits per heavy atom. The SMILES string of the molecule is COC(=O)CC(=O)Nc1ccc2cnn(C3CCCCO3)c2c1. The Balaban J connectivity index is 1.80. The van der Waals surface area contributed by atoms with Gasteiger partial charge in [0.15, 0.2) is 6.23 Å². The van der Waals surface area contributed by atoms with E-state index in [1.165, 1.54) is 7.11 Å². The van der Waals surface area contributed by atoms with Gasteiger partial charge < -0.3 is 14.8 Å². The Morgan fingerprint density at radius 2 is 2.30 bits per heavy atom. The highest BCUT2D eigenvalue weighted by Gasteiger charge is 2.19. The van der Waals surface area contributed by atoms with E-state index in [4.69, 9.17) is 4.74 Å². The number of anilines is 1. The summed E-state index contributed by atoms with van der Waals surface area (Å²) in [5.74, 6) is -0.972. The standard InChI is InChI=1S/C16H19N3O4/c1-22-16(21)9-14(20)18-12-6-5-11-10-17-19(13(11)8-12)15-4-2-3-7-23-15/h5-6,8,10,15H,2-4,7,9H2,1H3,(H,18,20). The number of nitrogens with zero attached hydrogens (tertiary/aromatic N) is 2. The summed E-state index contributed by atoms with van der Waals surface area (Å²) in [6, 6.07) is 5.51. The number of hydrogen-bond acceptors (Lipinski definition) is 5. The third kappa shape index (κ3) is 3.50. The lowest BCUT2D eigenvalue weighted by atomic mass is 10.2. The van der Waals surface area contributed by atoms with Crippen LogP contribution < -0.4 is 5.32 Å². The summed E-state index contributed by atoms with van der Waals surface area (Å²) >= 11 is 0. The highest BCUT2D eigenvalue weighted by Crippen LogP contribution is 2.27. The highest BCUT2D eigenvalue weighted by atomic mass is 16.5. The number of esters is 1. The number of ether oxygens (including phenoxy) is 2. The predicted molar refractivity (Wildman–Crippen MR) is 83.8 cm³/mol. The average molecular weight is 317 g/mol. The maximum atomic E-state index is 11.8. The minimum absolute atomic E-state index is 0.0673.